The Morgan fingerprint density at radius 2 is 1.66 bits per heavy atom. The van der Waals surface area contributed by atoms with E-state index in [9.17, 15) is 28.8 Å². The average molecular weight is 533 g/mol. The second kappa shape index (κ2) is 14.2. The third-order valence-corrected chi connectivity index (χ3v) is 5.43. The van der Waals surface area contributed by atoms with Crippen LogP contribution < -0.4 is 38.1 Å². The molecule has 206 valence electrons. The number of benzene rings is 1. The summed E-state index contributed by atoms with van der Waals surface area (Å²) in [5.74, 6) is -4.96. The number of amides is 5. The molecule has 15 nitrogen and oxygen atoms in total. The number of rotatable bonds is 6. The molecule has 5 amide bonds. The van der Waals surface area contributed by atoms with E-state index in [1.165, 1.54) is 19.1 Å². The molecule has 0 aromatic heterocycles. The van der Waals surface area contributed by atoms with Crippen molar-refractivity contribution in [3.8, 4) is 0 Å². The van der Waals surface area contributed by atoms with Gasteiger partial charge in [0.25, 0.3) is 5.91 Å². The van der Waals surface area contributed by atoms with Crippen LogP contribution in [0.1, 0.15) is 42.1 Å². The fraction of sp³-hybridized carbons (Fsp3) is 0.435. The van der Waals surface area contributed by atoms with E-state index >= 15 is 0 Å². The number of aliphatic carboxylic acids is 1. The summed E-state index contributed by atoms with van der Waals surface area (Å²) in [6.07, 6.45) is -0.297. The van der Waals surface area contributed by atoms with Crippen LogP contribution in [-0.4, -0.2) is 77.8 Å². The second-order valence-electron chi connectivity index (χ2n) is 8.56. The molecule has 10 N–H and O–H groups in total. The van der Waals surface area contributed by atoms with Gasteiger partial charge >= 0.3 is 5.97 Å². The molecule has 0 saturated heterocycles. The van der Waals surface area contributed by atoms with Gasteiger partial charge in [0.2, 0.25) is 23.6 Å². The molecule has 0 saturated carbocycles. The zero-order chi connectivity index (χ0) is 28.2. The summed E-state index contributed by atoms with van der Waals surface area (Å²) in [5, 5.41) is 21.4. The molecule has 0 fully saturated rings. The Morgan fingerprint density at radius 3 is 2.34 bits per heavy atom. The number of aliphatic imine (C=N–C) groups is 1. The summed E-state index contributed by atoms with van der Waals surface area (Å²) in [4.78, 5) is 78.3. The van der Waals surface area contributed by atoms with E-state index in [1.807, 2.05) is 0 Å². The number of nitrogens with zero attached hydrogens (tertiary/aromatic N) is 1. The predicted octanol–water partition coefficient (Wildman–Crippen LogP) is -2.95. The van der Waals surface area contributed by atoms with Crippen LogP contribution in [0.5, 0.6) is 0 Å². The first kappa shape index (κ1) is 29.5. The summed E-state index contributed by atoms with van der Waals surface area (Å²) in [6, 6.07) is 2.68. The molecule has 1 aliphatic rings. The molecule has 0 aliphatic carbocycles. The summed E-state index contributed by atoms with van der Waals surface area (Å²) in [7, 11) is 0. The summed E-state index contributed by atoms with van der Waals surface area (Å²) >= 11 is 0. The van der Waals surface area contributed by atoms with Crippen molar-refractivity contribution in [1.29, 1.82) is 0 Å². The lowest BCUT2D eigenvalue weighted by Crippen LogP contribution is -2.55. The normalized spacial score (nSPS) is 21.4. The minimum Gasteiger partial charge on any atom is -0.481 e. The van der Waals surface area contributed by atoms with Crippen LogP contribution >= 0.6 is 0 Å². The number of hydrogen-bond donors (Lipinski definition) is 8. The van der Waals surface area contributed by atoms with Gasteiger partial charge in [0.1, 0.15) is 18.1 Å². The molecule has 1 aromatic rings. The molecule has 2 unspecified atom stereocenters. The molecule has 15 heteroatoms. The van der Waals surface area contributed by atoms with Gasteiger partial charge in [-0.15, -0.1) is 0 Å². The first-order valence-corrected chi connectivity index (χ1v) is 11.8. The second-order valence-corrected chi connectivity index (χ2v) is 8.56. The van der Waals surface area contributed by atoms with Crippen LogP contribution in [0, 0.1) is 0 Å². The van der Waals surface area contributed by atoms with Crippen molar-refractivity contribution in [2.24, 2.45) is 16.5 Å². The smallest absolute Gasteiger partial charge is 0.305 e. The molecular formula is C23H32N8O7. The Kier molecular flexibility index (Phi) is 11.0. The number of carboxylic acids is 1. The van der Waals surface area contributed by atoms with Crippen LogP contribution in [0.3, 0.4) is 0 Å². The molecule has 1 aliphatic heterocycles. The highest BCUT2D eigenvalue weighted by atomic mass is 16.4. The Bertz CT molecular complexity index is 1100. The molecule has 1 aromatic carbocycles. The van der Waals surface area contributed by atoms with Gasteiger partial charge in [-0.3, -0.25) is 33.8 Å². The number of carbonyl (C=O) groups is 6. The van der Waals surface area contributed by atoms with Gasteiger partial charge < -0.3 is 43.2 Å². The highest BCUT2D eigenvalue weighted by molar-refractivity contribution is 5.99. The Labute approximate surface area is 218 Å². The fourth-order valence-electron chi connectivity index (χ4n) is 3.47. The van der Waals surface area contributed by atoms with Crippen molar-refractivity contribution in [3.63, 3.8) is 0 Å². The Morgan fingerprint density at radius 1 is 0.974 bits per heavy atom. The van der Waals surface area contributed by atoms with E-state index in [0.29, 0.717) is 12.0 Å². The van der Waals surface area contributed by atoms with Gasteiger partial charge in [-0.25, -0.2) is 0 Å². The number of nitrogens with two attached hydrogens (primary N) is 2. The van der Waals surface area contributed by atoms with Gasteiger partial charge in [-0.05, 0) is 37.5 Å². The first-order chi connectivity index (χ1) is 18.0. The van der Waals surface area contributed by atoms with E-state index in [2.05, 4.69) is 31.6 Å². The number of hydrogen-bond acceptors (Lipinski definition) is 7. The topological polar surface area (TPSA) is 247 Å². The van der Waals surface area contributed by atoms with Gasteiger partial charge in [0.05, 0.1) is 13.0 Å². The standard InChI is InChI=1S/C23H32N8O7/c1-12-19(35)31-15(6-3-7-26-23(24)25)21(37)28-11-17(32)30-16(9-18(33)34)22(38)27-10-13-4-2-5-14(8-13)20(36)29-12/h2,4-5,8,12,15-16H,3,6-7,9-11H2,1H3,(H,27,38)(H,28,37)(H,29,36)(H,30,32)(H,31,35)(H,33,34)(H4,24,25,26)/t12-,15?,16?/m0/s1. The van der Waals surface area contributed by atoms with E-state index < -0.39 is 66.6 Å². The van der Waals surface area contributed by atoms with Crippen molar-refractivity contribution in [2.75, 3.05) is 13.1 Å². The fourth-order valence-corrected chi connectivity index (χ4v) is 3.47. The highest BCUT2D eigenvalue weighted by Crippen LogP contribution is 2.07. The van der Waals surface area contributed by atoms with Gasteiger partial charge in [0, 0.05) is 18.7 Å². The maximum atomic E-state index is 12.8. The number of guanidine groups is 1. The lowest BCUT2D eigenvalue weighted by atomic mass is 10.1. The van der Waals surface area contributed by atoms with Crippen molar-refractivity contribution in [1.82, 2.24) is 26.6 Å². The first-order valence-electron chi connectivity index (χ1n) is 11.8. The van der Waals surface area contributed by atoms with Crippen LogP contribution in [0.4, 0.5) is 0 Å². The average Bonchev–Trinajstić information content (AvgIpc) is 2.86. The van der Waals surface area contributed by atoms with E-state index in [1.54, 1.807) is 12.1 Å². The quantitative estimate of drug-likeness (QED) is 0.106. The van der Waals surface area contributed by atoms with Gasteiger partial charge in [-0.1, -0.05) is 12.1 Å². The van der Waals surface area contributed by atoms with Crippen LogP contribution in [0.15, 0.2) is 29.3 Å². The van der Waals surface area contributed by atoms with Gasteiger partial charge in [-0.2, -0.15) is 0 Å². The summed E-state index contributed by atoms with van der Waals surface area (Å²) < 4.78 is 0. The number of carboxylic acid groups (broad SMARTS) is 1. The van der Waals surface area contributed by atoms with Crippen LogP contribution in [0.25, 0.3) is 0 Å². The molecule has 38 heavy (non-hydrogen) atoms. The number of nitrogens with one attached hydrogen (secondary N) is 5. The third-order valence-electron chi connectivity index (χ3n) is 5.43. The lowest BCUT2D eigenvalue weighted by molar-refractivity contribution is -0.140. The Balaban J connectivity index is 2.30. The molecule has 3 atom stereocenters. The molecule has 0 radical (unpaired) electrons. The number of fused-ring (bicyclic) bond motifs is 2. The summed E-state index contributed by atoms with van der Waals surface area (Å²) in [6.45, 7) is 0.980. The highest BCUT2D eigenvalue weighted by Gasteiger charge is 2.27. The molecule has 2 bridgehead atoms. The molecular weight excluding hydrogens is 500 g/mol. The maximum Gasteiger partial charge on any atom is 0.305 e. The lowest BCUT2D eigenvalue weighted by Gasteiger charge is -2.22. The zero-order valence-corrected chi connectivity index (χ0v) is 20.8. The largest absolute Gasteiger partial charge is 0.481 e. The monoisotopic (exact) mass is 532 g/mol. The summed E-state index contributed by atoms with van der Waals surface area (Å²) in [5.41, 5.74) is 11.3. The van der Waals surface area contributed by atoms with E-state index in [-0.39, 0.29) is 31.0 Å². The van der Waals surface area contributed by atoms with E-state index in [0.717, 1.165) is 0 Å². The number of carbonyl (C=O) groups excluding carboxylic acids is 5. The van der Waals surface area contributed by atoms with E-state index in [4.69, 9.17) is 16.6 Å². The minimum atomic E-state index is -1.42. The SMILES string of the molecule is C[C@@H]1NC(=O)c2cccc(c2)CNC(=O)C(CC(=O)O)NC(=O)CNC(=O)C(CCCN=C(N)N)NC1=O. The molecule has 1 heterocycles. The predicted molar refractivity (Wildman–Crippen MR) is 134 cm³/mol. The van der Waals surface area contributed by atoms with Gasteiger partial charge in [0.15, 0.2) is 5.96 Å². The molecule has 0 spiro atoms. The van der Waals surface area contributed by atoms with Crippen molar-refractivity contribution in [3.05, 3.63) is 35.4 Å². The third kappa shape index (κ3) is 9.75. The van der Waals surface area contributed by atoms with Crippen LogP contribution in [0.2, 0.25) is 0 Å². The molecule has 2 rings (SSSR count). The minimum absolute atomic E-state index is 0.0553. The van der Waals surface area contributed by atoms with Crippen LogP contribution in [-0.2, 0) is 30.5 Å². The maximum absolute atomic E-state index is 12.8. The van der Waals surface area contributed by atoms with Crippen molar-refractivity contribution in [2.45, 2.75) is 50.9 Å². The van der Waals surface area contributed by atoms with Crippen molar-refractivity contribution < 1.29 is 33.9 Å². The zero-order valence-electron chi connectivity index (χ0n) is 20.8. The van der Waals surface area contributed by atoms with Crippen molar-refractivity contribution >= 4 is 41.5 Å². The Hall–Kier alpha value is -4.69.